The second-order valence-corrected chi connectivity index (χ2v) is 6.97. The van der Waals surface area contributed by atoms with Crippen molar-refractivity contribution in [1.82, 2.24) is 0 Å². The van der Waals surface area contributed by atoms with E-state index in [4.69, 9.17) is 9.47 Å². The van der Waals surface area contributed by atoms with Crippen LogP contribution < -0.4 is 5.32 Å². The van der Waals surface area contributed by atoms with Crippen molar-refractivity contribution >= 4 is 34.2 Å². The minimum Gasteiger partial charge on any atom is -0.508 e. The van der Waals surface area contributed by atoms with E-state index in [2.05, 4.69) is 5.32 Å². The molecule has 1 amide bonds. The maximum absolute atomic E-state index is 12.3. The number of esters is 2. The lowest BCUT2D eigenvalue weighted by molar-refractivity contribution is -0.119. The molecule has 2 aromatic rings. The van der Waals surface area contributed by atoms with E-state index >= 15 is 0 Å². The molecule has 150 valence electrons. The molecule has 0 bridgehead atoms. The zero-order valence-corrected chi connectivity index (χ0v) is 16.5. The summed E-state index contributed by atoms with van der Waals surface area (Å²) in [5, 5.41) is 21.8. The number of rotatable bonds is 7. The van der Waals surface area contributed by atoms with Gasteiger partial charge in [-0.05, 0) is 38.0 Å². The van der Waals surface area contributed by atoms with E-state index in [1.54, 1.807) is 6.92 Å². The van der Waals surface area contributed by atoms with E-state index in [-0.39, 0.29) is 17.9 Å². The van der Waals surface area contributed by atoms with Crippen LogP contribution in [-0.4, -0.2) is 41.3 Å². The van der Waals surface area contributed by atoms with Crippen LogP contribution in [0, 0.1) is 6.92 Å². The minimum absolute atomic E-state index is 0.182. The van der Waals surface area contributed by atoms with Crippen LogP contribution in [0.2, 0.25) is 0 Å². The highest BCUT2D eigenvalue weighted by atomic mass is 32.1. The number of carbonyl (C=O) groups excluding carboxylic acids is 3. The minimum atomic E-state index is -0.921. The Bertz CT molecular complexity index is 904. The van der Waals surface area contributed by atoms with Crippen molar-refractivity contribution < 1.29 is 34.1 Å². The number of phenolic OH excluding ortho intramolecular Hbond substituents is 2. The standard InChI is InChI=1S/C19H21NO7S/c1-4-12-10(3)28-17(16(12)19(25)26-5-2)20-15(23)9-27-18(24)13-7-6-11(21)8-14(13)22/h6-8,21-22H,4-5,9H2,1-3H3,(H,20,23). The monoisotopic (exact) mass is 407 g/mol. The summed E-state index contributed by atoms with van der Waals surface area (Å²) in [5.41, 5.74) is 0.922. The van der Waals surface area contributed by atoms with Crippen LogP contribution in [0.15, 0.2) is 18.2 Å². The molecule has 0 aliphatic rings. The molecule has 9 heteroatoms. The Hall–Kier alpha value is -3.07. The second kappa shape index (κ2) is 9.23. The number of carbonyl (C=O) groups is 3. The number of aromatic hydroxyl groups is 2. The van der Waals surface area contributed by atoms with Crippen LogP contribution in [0.3, 0.4) is 0 Å². The largest absolute Gasteiger partial charge is 0.508 e. The predicted octanol–water partition coefficient (Wildman–Crippen LogP) is 3.00. The van der Waals surface area contributed by atoms with Gasteiger partial charge in [-0.25, -0.2) is 9.59 Å². The third-order valence-electron chi connectivity index (χ3n) is 3.83. The van der Waals surface area contributed by atoms with Gasteiger partial charge in [0.25, 0.3) is 5.91 Å². The van der Waals surface area contributed by atoms with Gasteiger partial charge in [0.2, 0.25) is 0 Å². The van der Waals surface area contributed by atoms with Crippen LogP contribution in [0.5, 0.6) is 11.5 Å². The highest BCUT2D eigenvalue weighted by Gasteiger charge is 2.24. The number of ether oxygens (including phenoxy) is 2. The topological polar surface area (TPSA) is 122 Å². The lowest BCUT2D eigenvalue weighted by Crippen LogP contribution is -2.22. The Morgan fingerprint density at radius 2 is 1.82 bits per heavy atom. The van der Waals surface area contributed by atoms with E-state index in [9.17, 15) is 24.6 Å². The smallest absolute Gasteiger partial charge is 0.342 e. The summed E-state index contributed by atoms with van der Waals surface area (Å²) in [5.74, 6) is -2.75. The maximum Gasteiger partial charge on any atom is 0.342 e. The first-order valence-electron chi connectivity index (χ1n) is 8.56. The van der Waals surface area contributed by atoms with Crippen molar-refractivity contribution in [2.45, 2.75) is 27.2 Å². The molecule has 0 radical (unpaired) electrons. The van der Waals surface area contributed by atoms with Gasteiger partial charge in [-0.1, -0.05) is 6.92 Å². The number of benzene rings is 1. The fourth-order valence-electron chi connectivity index (χ4n) is 2.58. The summed E-state index contributed by atoms with van der Waals surface area (Å²) in [7, 11) is 0. The van der Waals surface area contributed by atoms with E-state index < -0.39 is 30.2 Å². The Kier molecular flexibility index (Phi) is 7.00. The molecule has 0 fully saturated rings. The molecule has 0 saturated carbocycles. The number of thiophene rings is 1. The summed E-state index contributed by atoms with van der Waals surface area (Å²) in [6, 6.07) is 3.38. The van der Waals surface area contributed by atoms with E-state index in [1.165, 1.54) is 23.5 Å². The van der Waals surface area contributed by atoms with Gasteiger partial charge in [0.1, 0.15) is 22.1 Å². The third-order valence-corrected chi connectivity index (χ3v) is 4.89. The molecule has 0 spiro atoms. The van der Waals surface area contributed by atoms with Crippen molar-refractivity contribution in [2.24, 2.45) is 0 Å². The van der Waals surface area contributed by atoms with Crippen LogP contribution in [0.4, 0.5) is 5.00 Å². The van der Waals surface area contributed by atoms with Crippen molar-refractivity contribution in [3.05, 3.63) is 39.8 Å². The number of amides is 1. The number of hydrogen-bond donors (Lipinski definition) is 3. The van der Waals surface area contributed by atoms with Crippen LogP contribution >= 0.6 is 11.3 Å². The molecule has 1 heterocycles. The molecule has 1 aromatic heterocycles. The first kappa shape index (κ1) is 21.2. The molecule has 2 rings (SSSR count). The fraction of sp³-hybridized carbons (Fsp3) is 0.316. The number of anilines is 1. The van der Waals surface area contributed by atoms with Crippen LogP contribution in [-0.2, 0) is 20.7 Å². The zero-order valence-electron chi connectivity index (χ0n) is 15.7. The Morgan fingerprint density at radius 3 is 2.43 bits per heavy atom. The number of phenols is 2. The third kappa shape index (κ3) is 4.80. The molecule has 3 N–H and O–H groups in total. The first-order chi connectivity index (χ1) is 13.3. The Balaban J connectivity index is 2.09. The van der Waals surface area contributed by atoms with Gasteiger partial charge in [0, 0.05) is 10.9 Å². The van der Waals surface area contributed by atoms with E-state index in [0.29, 0.717) is 17.0 Å². The molecule has 0 saturated heterocycles. The van der Waals surface area contributed by atoms with Crippen molar-refractivity contribution in [1.29, 1.82) is 0 Å². The average Bonchev–Trinajstić information content (AvgIpc) is 2.94. The summed E-state index contributed by atoms with van der Waals surface area (Å²) in [6.07, 6.45) is 0.599. The van der Waals surface area contributed by atoms with Gasteiger partial charge in [0.05, 0.1) is 12.2 Å². The van der Waals surface area contributed by atoms with Gasteiger partial charge in [0.15, 0.2) is 6.61 Å². The van der Waals surface area contributed by atoms with E-state index in [1.807, 2.05) is 13.8 Å². The summed E-state index contributed by atoms with van der Waals surface area (Å²) in [6.45, 7) is 5.03. The van der Waals surface area contributed by atoms with Crippen molar-refractivity contribution in [2.75, 3.05) is 18.5 Å². The molecule has 0 aliphatic heterocycles. The fourth-order valence-corrected chi connectivity index (χ4v) is 3.73. The lowest BCUT2D eigenvalue weighted by Gasteiger charge is -2.09. The van der Waals surface area contributed by atoms with Gasteiger partial charge in [-0.15, -0.1) is 11.3 Å². The van der Waals surface area contributed by atoms with Gasteiger partial charge in [-0.2, -0.15) is 0 Å². The predicted molar refractivity (Wildman–Crippen MR) is 103 cm³/mol. The summed E-state index contributed by atoms with van der Waals surface area (Å²) >= 11 is 1.24. The highest BCUT2D eigenvalue weighted by molar-refractivity contribution is 7.16. The molecule has 0 unspecified atom stereocenters. The highest BCUT2D eigenvalue weighted by Crippen LogP contribution is 2.34. The van der Waals surface area contributed by atoms with Crippen LogP contribution in [0.1, 0.15) is 45.0 Å². The maximum atomic E-state index is 12.3. The number of hydrogen-bond acceptors (Lipinski definition) is 8. The van der Waals surface area contributed by atoms with Gasteiger partial charge < -0.3 is 25.0 Å². The SMILES string of the molecule is CCOC(=O)c1c(NC(=O)COC(=O)c2ccc(O)cc2O)sc(C)c1CC. The Labute approximate surface area is 165 Å². The van der Waals surface area contributed by atoms with Crippen molar-refractivity contribution in [3.63, 3.8) is 0 Å². The molecular formula is C19H21NO7S. The Morgan fingerprint density at radius 1 is 1.11 bits per heavy atom. The lowest BCUT2D eigenvalue weighted by atomic mass is 10.1. The van der Waals surface area contributed by atoms with E-state index in [0.717, 1.165) is 16.5 Å². The van der Waals surface area contributed by atoms with Crippen molar-refractivity contribution in [3.8, 4) is 11.5 Å². The molecule has 8 nitrogen and oxygen atoms in total. The number of nitrogens with one attached hydrogen (secondary N) is 1. The quantitative estimate of drug-likeness (QED) is 0.603. The van der Waals surface area contributed by atoms with Gasteiger partial charge in [-0.3, -0.25) is 4.79 Å². The second-order valence-electron chi connectivity index (χ2n) is 5.74. The number of aryl methyl sites for hydroxylation is 1. The molecule has 28 heavy (non-hydrogen) atoms. The summed E-state index contributed by atoms with van der Waals surface area (Å²) < 4.78 is 9.96. The summed E-state index contributed by atoms with van der Waals surface area (Å²) in [4.78, 5) is 37.3. The van der Waals surface area contributed by atoms with Crippen LogP contribution in [0.25, 0.3) is 0 Å². The molecule has 1 aromatic carbocycles. The average molecular weight is 407 g/mol. The molecule has 0 atom stereocenters. The first-order valence-corrected chi connectivity index (χ1v) is 9.38. The van der Waals surface area contributed by atoms with Gasteiger partial charge >= 0.3 is 11.9 Å². The zero-order chi connectivity index (χ0) is 20.8. The molecular weight excluding hydrogens is 386 g/mol. The molecule has 0 aliphatic carbocycles. The normalized spacial score (nSPS) is 10.4.